The molecule has 14 heteroatoms. The van der Waals surface area contributed by atoms with Crippen LogP contribution < -0.4 is 9.47 Å². The molecule has 4 rings (SSSR count). The minimum Gasteiger partial charge on any atom is -0.494 e. The lowest BCUT2D eigenvalue weighted by atomic mass is 10.2. The predicted octanol–water partition coefficient (Wildman–Crippen LogP) is 2.72. The third-order valence-electron chi connectivity index (χ3n) is 6.23. The number of rotatable bonds is 12. The third kappa shape index (κ3) is 6.07. The van der Waals surface area contributed by atoms with E-state index in [2.05, 4.69) is 20.2 Å². The number of halogens is 1. The molecule has 0 aliphatic carbocycles. The number of sulfone groups is 1. The van der Waals surface area contributed by atoms with Gasteiger partial charge in [-0.1, -0.05) is 17.7 Å². The summed E-state index contributed by atoms with van der Waals surface area (Å²) in [5.74, 6) is 1.20. The molecule has 0 amide bonds. The Morgan fingerprint density at radius 3 is 2.34 bits per heavy atom. The van der Waals surface area contributed by atoms with E-state index in [4.69, 9.17) is 35.3 Å². The van der Waals surface area contributed by atoms with E-state index >= 15 is 0 Å². The molecule has 0 N–H and O–H groups in total. The fourth-order valence-electron chi connectivity index (χ4n) is 4.16. The van der Waals surface area contributed by atoms with Crippen molar-refractivity contribution >= 4 is 21.4 Å². The minimum atomic E-state index is -3.87. The van der Waals surface area contributed by atoms with Crippen LogP contribution in [-0.2, 0) is 36.4 Å². The van der Waals surface area contributed by atoms with Crippen molar-refractivity contribution in [2.24, 2.45) is 0 Å². The predicted molar refractivity (Wildman–Crippen MR) is 137 cm³/mol. The molecule has 38 heavy (non-hydrogen) atoms. The first-order chi connectivity index (χ1) is 18.3. The minimum absolute atomic E-state index is 0.0805. The Balaban J connectivity index is 1.72. The van der Waals surface area contributed by atoms with Crippen LogP contribution in [-0.4, -0.2) is 79.0 Å². The van der Waals surface area contributed by atoms with E-state index in [1.807, 2.05) is 0 Å². The topological polar surface area (TPSA) is 137 Å². The van der Waals surface area contributed by atoms with Crippen molar-refractivity contribution < 1.29 is 32.1 Å². The van der Waals surface area contributed by atoms with Gasteiger partial charge in [-0.2, -0.15) is 0 Å². The molecular weight excluding hydrogens is 538 g/mol. The number of nitrogens with zero attached hydrogens (tertiary/aromatic N) is 5. The van der Waals surface area contributed by atoms with Crippen LogP contribution in [0, 0.1) is 0 Å². The van der Waals surface area contributed by atoms with Crippen LogP contribution in [0.25, 0.3) is 5.69 Å². The largest absolute Gasteiger partial charge is 0.494 e. The maximum atomic E-state index is 13.7. The van der Waals surface area contributed by atoms with Crippen LogP contribution in [0.2, 0.25) is 5.02 Å². The van der Waals surface area contributed by atoms with Gasteiger partial charge in [-0.15, -0.1) is 10.2 Å². The van der Waals surface area contributed by atoms with Crippen molar-refractivity contribution in [1.29, 1.82) is 0 Å². The zero-order valence-corrected chi connectivity index (χ0v) is 23.1. The maximum absolute atomic E-state index is 13.7. The van der Waals surface area contributed by atoms with E-state index in [-0.39, 0.29) is 24.4 Å². The fourth-order valence-corrected chi connectivity index (χ4v) is 5.68. The van der Waals surface area contributed by atoms with Gasteiger partial charge < -0.3 is 23.7 Å². The lowest BCUT2D eigenvalue weighted by Crippen LogP contribution is -2.30. The first-order valence-corrected chi connectivity index (χ1v) is 13.9. The number of ether oxygens (including phenoxy) is 5. The second-order valence-electron chi connectivity index (χ2n) is 8.60. The Morgan fingerprint density at radius 2 is 1.76 bits per heavy atom. The van der Waals surface area contributed by atoms with E-state index in [1.54, 1.807) is 22.8 Å². The summed E-state index contributed by atoms with van der Waals surface area (Å²) < 4.78 is 57.0. The second-order valence-corrected chi connectivity index (χ2v) is 11.4. The number of hydrogen-bond acceptors (Lipinski definition) is 11. The zero-order valence-electron chi connectivity index (χ0n) is 21.5. The van der Waals surface area contributed by atoms with Gasteiger partial charge in [-0.05, 0) is 25.5 Å². The molecule has 1 aliphatic rings. The monoisotopic (exact) mass is 567 g/mol. The first kappa shape index (κ1) is 28.2. The highest BCUT2D eigenvalue weighted by atomic mass is 35.5. The second kappa shape index (κ2) is 12.3. The van der Waals surface area contributed by atoms with Gasteiger partial charge in [-0.25, -0.2) is 18.4 Å². The summed E-state index contributed by atoms with van der Waals surface area (Å²) in [7, 11) is 0.561. The van der Waals surface area contributed by atoms with Crippen LogP contribution >= 0.6 is 11.6 Å². The average Bonchev–Trinajstić information content (AvgIpc) is 3.58. The van der Waals surface area contributed by atoms with Crippen LogP contribution in [0.15, 0.2) is 30.6 Å². The van der Waals surface area contributed by atoms with Gasteiger partial charge in [0.05, 0.1) is 37.2 Å². The van der Waals surface area contributed by atoms with Gasteiger partial charge in [0, 0.05) is 26.1 Å². The number of para-hydroxylation sites is 1. The van der Waals surface area contributed by atoms with Crippen molar-refractivity contribution in [3.05, 3.63) is 53.1 Å². The molecule has 1 fully saturated rings. The van der Waals surface area contributed by atoms with Crippen LogP contribution in [0.1, 0.15) is 36.9 Å². The number of hydrogen-bond donors (Lipinski definition) is 0. The lowest BCUT2D eigenvalue weighted by molar-refractivity contribution is 0.0276. The van der Waals surface area contributed by atoms with Gasteiger partial charge in [0.2, 0.25) is 0 Å². The molecule has 206 valence electrons. The zero-order chi connectivity index (χ0) is 27.3. The summed E-state index contributed by atoms with van der Waals surface area (Å²) in [6.07, 6.45) is 2.52. The van der Waals surface area contributed by atoms with E-state index < -0.39 is 26.9 Å². The van der Waals surface area contributed by atoms with E-state index in [1.165, 1.54) is 40.6 Å². The highest BCUT2D eigenvalue weighted by molar-refractivity contribution is 7.91. The highest BCUT2D eigenvalue weighted by Crippen LogP contribution is 2.35. The van der Waals surface area contributed by atoms with Gasteiger partial charge >= 0.3 is 0 Å². The summed E-state index contributed by atoms with van der Waals surface area (Å²) in [4.78, 5) is 8.28. The molecule has 3 aromatic rings. The molecule has 0 bridgehead atoms. The summed E-state index contributed by atoms with van der Waals surface area (Å²) in [5.41, 5.74) is 0.464. The quantitative estimate of drug-likeness (QED) is 0.319. The molecule has 3 atom stereocenters. The van der Waals surface area contributed by atoms with Crippen molar-refractivity contribution in [2.45, 2.75) is 43.2 Å². The van der Waals surface area contributed by atoms with Gasteiger partial charge in [-0.3, -0.25) is 4.57 Å². The Labute approximate surface area is 226 Å². The van der Waals surface area contributed by atoms with Crippen LogP contribution in [0.5, 0.6) is 11.5 Å². The molecule has 0 radical (unpaired) electrons. The summed E-state index contributed by atoms with van der Waals surface area (Å²) in [6, 6.07) is 5.26. The summed E-state index contributed by atoms with van der Waals surface area (Å²) in [5, 5.41) is 7.84. The molecule has 12 nitrogen and oxygen atoms in total. The summed E-state index contributed by atoms with van der Waals surface area (Å²) in [6.45, 7) is 2.72. The van der Waals surface area contributed by atoms with Crippen molar-refractivity contribution in [2.75, 3.05) is 34.5 Å². The number of aromatic nitrogens is 5. The lowest BCUT2D eigenvalue weighted by Gasteiger charge is -2.22. The number of methoxy groups -OCH3 is 3. The van der Waals surface area contributed by atoms with E-state index in [0.29, 0.717) is 41.2 Å². The maximum Gasteiger partial charge on any atom is 0.163 e. The molecule has 3 heterocycles. The van der Waals surface area contributed by atoms with Crippen LogP contribution in [0.4, 0.5) is 0 Å². The Kier molecular flexibility index (Phi) is 9.15. The standard InChI is InChI=1S/C24H30ClN5O7S/c1-15(23(35-4)24-26-10-16(25)11-27-24)38(31,32)14-21-29-28-20(13-37-17-8-9-36-12-17)30(21)22-18(33-2)6-5-7-19(22)34-3/h5-7,10-11,15,17,23H,8-9,12-14H2,1-4H3/t15-,17?,23-/m0/s1. The van der Waals surface area contributed by atoms with Crippen LogP contribution in [0.3, 0.4) is 0 Å². The SMILES string of the molecule is COc1cccc(OC)c1-n1c(COC2CCOC2)nnc1CS(=O)(=O)[C@@H](C)[C@H](OC)c1ncc(Cl)cn1. The Bertz CT molecular complexity index is 1310. The smallest absolute Gasteiger partial charge is 0.163 e. The molecule has 1 aliphatic heterocycles. The molecule has 2 aromatic heterocycles. The molecule has 1 aromatic carbocycles. The van der Waals surface area contributed by atoms with Gasteiger partial charge in [0.25, 0.3) is 0 Å². The number of benzene rings is 1. The highest BCUT2D eigenvalue weighted by Gasteiger charge is 2.35. The average molecular weight is 568 g/mol. The first-order valence-electron chi connectivity index (χ1n) is 11.8. The van der Waals surface area contributed by atoms with E-state index in [0.717, 1.165) is 6.42 Å². The van der Waals surface area contributed by atoms with Crippen molar-refractivity contribution in [1.82, 2.24) is 24.7 Å². The van der Waals surface area contributed by atoms with Crippen molar-refractivity contribution in [3.8, 4) is 17.2 Å². The third-order valence-corrected chi connectivity index (χ3v) is 8.47. The Hall–Kier alpha value is -2.84. The normalized spacial score (nSPS) is 17.3. The molecule has 1 unspecified atom stereocenters. The molecular formula is C24H30ClN5O7S. The van der Waals surface area contributed by atoms with Crippen molar-refractivity contribution in [3.63, 3.8) is 0 Å². The molecule has 0 saturated carbocycles. The van der Waals surface area contributed by atoms with E-state index in [9.17, 15) is 8.42 Å². The molecule has 1 saturated heterocycles. The van der Waals surface area contributed by atoms with Gasteiger partial charge in [0.1, 0.15) is 35.7 Å². The Morgan fingerprint density at radius 1 is 1.11 bits per heavy atom. The molecule has 0 spiro atoms. The van der Waals surface area contributed by atoms with Gasteiger partial charge in [0.15, 0.2) is 27.3 Å². The fraction of sp³-hybridized carbons (Fsp3) is 0.500. The summed E-state index contributed by atoms with van der Waals surface area (Å²) >= 11 is 5.89.